The zero-order chi connectivity index (χ0) is 14.8. The van der Waals surface area contributed by atoms with Crippen molar-refractivity contribution in [3.05, 3.63) is 41.6 Å². The lowest BCUT2D eigenvalue weighted by Gasteiger charge is -2.21. The van der Waals surface area contributed by atoms with Crippen molar-refractivity contribution in [3.8, 4) is 5.69 Å². The summed E-state index contributed by atoms with van der Waals surface area (Å²) in [7, 11) is 1.95. The summed E-state index contributed by atoms with van der Waals surface area (Å²) >= 11 is 0. The van der Waals surface area contributed by atoms with Gasteiger partial charge in [0.15, 0.2) is 0 Å². The Morgan fingerprint density at radius 1 is 1.33 bits per heavy atom. The summed E-state index contributed by atoms with van der Waals surface area (Å²) in [5.41, 5.74) is 3.29. The summed E-state index contributed by atoms with van der Waals surface area (Å²) in [6.45, 7) is 4.37. The monoisotopic (exact) mass is 286 g/mol. The van der Waals surface area contributed by atoms with Gasteiger partial charge in [-0.1, -0.05) is 18.2 Å². The second-order valence-corrected chi connectivity index (χ2v) is 5.55. The molecule has 21 heavy (non-hydrogen) atoms. The minimum absolute atomic E-state index is 0.244. The zero-order valence-electron chi connectivity index (χ0n) is 12.6. The Labute approximate surface area is 125 Å². The van der Waals surface area contributed by atoms with Crippen molar-refractivity contribution >= 4 is 5.82 Å². The molecule has 1 fully saturated rings. The molecule has 0 radical (unpaired) electrons. The van der Waals surface area contributed by atoms with Crippen LogP contribution in [0.5, 0.6) is 0 Å². The molecule has 1 aliphatic rings. The van der Waals surface area contributed by atoms with Crippen molar-refractivity contribution in [1.82, 2.24) is 15.1 Å². The number of anilines is 1. The highest BCUT2D eigenvalue weighted by Gasteiger charge is 2.27. The normalized spacial score (nSPS) is 18.4. The lowest BCUT2D eigenvalue weighted by Crippen LogP contribution is -2.25. The summed E-state index contributed by atoms with van der Waals surface area (Å²) in [6, 6.07) is 10.2. The molecule has 0 spiro atoms. The lowest BCUT2D eigenvalue weighted by molar-refractivity contribution is 0.198. The van der Waals surface area contributed by atoms with Gasteiger partial charge in [-0.2, -0.15) is 5.10 Å². The molecule has 1 aromatic heterocycles. The van der Waals surface area contributed by atoms with Crippen LogP contribution in [0, 0.1) is 6.92 Å². The van der Waals surface area contributed by atoms with Crippen LogP contribution in [-0.4, -0.2) is 41.1 Å². The Balaban J connectivity index is 2.09. The van der Waals surface area contributed by atoms with Crippen LogP contribution in [0.4, 0.5) is 5.82 Å². The highest BCUT2D eigenvalue weighted by atomic mass is 16.3. The zero-order valence-corrected chi connectivity index (χ0v) is 12.6. The number of β-amino-alcohol motifs (C(OH)–C–C–N with tert-alkyl or cyclic N) is 1. The first-order valence-electron chi connectivity index (χ1n) is 7.42. The maximum atomic E-state index is 9.86. The van der Waals surface area contributed by atoms with Gasteiger partial charge in [0.05, 0.1) is 17.5 Å². The second kappa shape index (κ2) is 5.87. The molecule has 0 bridgehead atoms. The maximum Gasteiger partial charge on any atom is 0.137 e. The number of aromatic nitrogens is 2. The number of rotatable bonds is 4. The van der Waals surface area contributed by atoms with Gasteiger partial charge >= 0.3 is 0 Å². The average Bonchev–Trinajstić information content (AvgIpc) is 3.05. The molecule has 112 valence electrons. The van der Waals surface area contributed by atoms with Crippen LogP contribution >= 0.6 is 0 Å². The molecule has 1 unspecified atom stereocenters. The number of aliphatic hydroxyl groups excluding tert-OH is 1. The van der Waals surface area contributed by atoms with E-state index in [1.165, 1.54) is 5.56 Å². The largest absolute Gasteiger partial charge is 0.391 e. The van der Waals surface area contributed by atoms with Crippen molar-refractivity contribution in [2.75, 3.05) is 25.0 Å². The summed E-state index contributed by atoms with van der Waals surface area (Å²) in [4.78, 5) is 2.24. The van der Waals surface area contributed by atoms with E-state index in [0.29, 0.717) is 6.54 Å². The fourth-order valence-corrected chi connectivity index (χ4v) is 2.94. The van der Waals surface area contributed by atoms with E-state index in [-0.39, 0.29) is 6.10 Å². The first-order valence-corrected chi connectivity index (χ1v) is 7.42. The Morgan fingerprint density at radius 3 is 2.71 bits per heavy atom. The van der Waals surface area contributed by atoms with Gasteiger partial charge in [0.25, 0.3) is 0 Å². The number of benzene rings is 1. The van der Waals surface area contributed by atoms with Gasteiger partial charge in [-0.25, -0.2) is 4.68 Å². The van der Waals surface area contributed by atoms with Crippen molar-refractivity contribution in [1.29, 1.82) is 0 Å². The number of hydrogen-bond acceptors (Lipinski definition) is 4. The summed E-state index contributed by atoms with van der Waals surface area (Å²) in [6.07, 6.45) is 0.574. The van der Waals surface area contributed by atoms with Gasteiger partial charge in [0, 0.05) is 25.2 Å². The molecule has 1 aliphatic heterocycles. The number of hydrogen-bond donors (Lipinski definition) is 2. The molecule has 0 amide bonds. The van der Waals surface area contributed by atoms with Gasteiger partial charge in [0.2, 0.25) is 0 Å². The molecule has 5 heteroatoms. The molecular weight excluding hydrogens is 264 g/mol. The minimum atomic E-state index is -0.244. The van der Waals surface area contributed by atoms with Crippen molar-refractivity contribution in [2.45, 2.75) is 26.0 Å². The fraction of sp³-hybridized carbons (Fsp3) is 0.438. The topological polar surface area (TPSA) is 53.3 Å². The molecule has 0 aliphatic carbocycles. The van der Waals surface area contributed by atoms with Crippen LogP contribution in [0.3, 0.4) is 0 Å². The molecule has 0 saturated carbocycles. The van der Waals surface area contributed by atoms with Crippen molar-refractivity contribution in [2.24, 2.45) is 0 Å². The van der Waals surface area contributed by atoms with Gasteiger partial charge < -0.3 is 15.3 Å². The van der Waals surface area contributed by atoms with Gasteiger partial charge in [-0.05, 0) is 32.5 Å². The van der Waals surface area contributed by atoms with E-state index in [2.05, 4.69) is 22.3 Å². The highest BCUT2D eigenvalue weighted by Crippen LogP contribution is 2.30. The molecule has 1 atom stereocenters. The number of nitrogens with one attached hydrogen (secondary N) is 1. The number of para-hydroxylation sites is 1. The van der Waals surface area contributed by atoms with Crippen LogP contribution < -0.4 is 10.2 Å². The summed E-state index contributed by atoms with van der Waals surface area (Å²) in [5.74, 6) is 1.10. The molecule has 2 N–H and O–H groups in total. The Hall–Kier alpha value is -1.85. The van der Waals surface area contributed by atoms with E-state index in [4.69, 9.17) is 5.10 Å². The van der Waals surface area contributed by atoms with Crippen LogP contribution in [0.1, 0.15) is 17.7 Å². The van der Waals surface area contributed by atoms with E-state index in [1.54, 1.807) is 0 Å². The van der Waals surface area contributed by atoms with E-state index in [0.717, 1.165) is 36.7 Å². The minimum Gasteiger partial charge on any atom is -0.391 e. The Bertz CT molecular complexity index is 608. The SMILES string of the molecule is CNCc1c(C)nn(-c2ccccc2)c1N1CCC(O)C1. The van der Waals surface area contributed by atoms with E-state index in [1.807, 2.05) is 36.9 Å². The predicted molar refractivity (Wildman–Crippen MR) is 83.9 cm³/mol. The fourth-order valence-electron chi connectivity index (χ4n) is 2.94. The third kappa shape index (κ3) is 2.66. The van der Waals surface area contributed by atoms with Crippen LogP contribution in [0.2, 0.25) is 0 Å². The Morgan fingerprint density at radius 2 is 2.10 bits per heavy atom. The average molecular weight is 286 g/mol. The van der Waals surface area contributed by atoms with Crippen LogP contribution in [-0.2, 0) is 6.54 Å². The number of aryl methyl sites for hydroxylation is 1. The van der Waals surface area contributed by atoms with E-state index in [9.17, 15) is 5.11 Å². The molecule has 3 rings (SSSR count). The third-order valence-corrected chi connectivity index (χ3v) is 3.97. The van der Waals surface area contributed by atoms with Gasteiger partial charge in [-0.15, -0.1) is 0 Å². The second-order valence-electron chi connectivity index (χ2n) is 5.55. The molecule has 1 aromatic carbocycles. The number of aliphatic hydroxyl groups is 1. The predicted octanol–water partition coefficient (Wildman–Crippen LogP) is 1.47. The lowest BCUT2D eigenvalue weighted by atomic mass is 10.2. The van der Waals surface area contributed by atoms with Gasteiger partial charge in [-0.3, -0.25) is 0 Å². The molecule has 1 saturated heterocycles. The first kappa shape index (κ1) is 14.1. The summed E-state index contributed by atoms with van der Waals surface area (Å²) < 4.78 is 2.00. The van der Waals surface area contributed by atoms with Crippen LogP contribution in [0.15, 0.2) is 30.3 Å². The smallest absolute Gasteiger partial charge is 0.137 e. The van der Waals surface area contributed by atoms with E-state index >= 15 is 0 Å². The molecule has 5 nitrogen and oxygen atoms in total. The quantitative estimate of drug-likeness (QED) is 0.894. The number of nitrogens with zero attached hydrogens (tertiary/aromatic N) is 3. The molecule has 2 aromatic rings. The first-order chi connectivity index (χ1) is 10.2. The van der Waals surface area contributed by atoms with Gasteiger partial charge in [0.1, 0.15) is 5.82 Å². The summed E-state index contributed by atoms with van der Waals surface area (Å²) in [5, 5.41) is 17.8. The van der Waals surface area contributed by atoms with E-state index < -0.39 is 0 Å². The molecular formula is C16H22N4O. The van der Waals surface area contributed by atoms with Crippen LogP contribution in [0.25, 0.3) is 5.69 Å². The molecule has 2 heterocycles. The maximum absolute atomic E-state index is 9.86. The highest BCUT2D eigenvalue weighted by molar-refractivity contribution is 5.56. The third-order valence-electron chi connectivity index (χ3n) is 3.97. The van der Waals surface area contributed by atoms with Crippen molar-refractivity contribution < 1.29 is 5.11 Å². The van der Waals surface area contributed by atoms with Crippen molar-refractivity contribution in [3.63, 3.8) is 0 Å². The Kier molecular flexibility index (Phi) is 3.94. The standard InChI is InChI=1S/C16H22N4O/c1-12-15(10-17-2)16(19-9-8-14(21)11-19)20(18-12)13-6-4-3-5-7-13/h3-7,14,17,21H,8-11H2,1-2H3.